The number of fused-ring (bicyclic) bond motifs is 5. The number of thioether (sulfide) groups is 1. The molecule has 7 nitrogen and oxygen atoms in total. The number of benzene rings is 2. The van der Waals surface area contributed by atoms with Crippen molar-refractivity contribution in [2.75, 3.05) is 21.3 Å². The molecule has 1 aromatic heterocycles. The number of carbonyl (C=O) groups is 2. The van der Waals surface area contributed by atoms with Crippen molar-refractivity contribution in [3.05, 3.63) is 87.7 Å². The first-order valence-electron chi connectivity index (χ1n) is 10.9. The van der Waals surface area contributed by atoms with E-state index in [1.54, 1.807) is 37.4 Å². The molecule has 0 N–H and O–H groups in total. The molecule has 4 unspecified atom stereocenters. The summed E-state index contributed by atoms with van der Waals surface area (Å²) >= 11 is 14.4. The first-order chi connectivity index (χ1) is 17.3. The fourth-order valence-corrected chi connectivity index (χ4v) is 7.25. The molecule has 2 aliphatic heterocycles. The third-order valence-electron chi connectivity index (χ3n) is 6.63. The molecule has 1 saturated heterocycles. The molecule has 0 radical (unpaired) electrons. The summed E-state index contributed by atoms with van der Waals surface area (Å²) in [6.45, 7) is 0. The van der Waals surface area contributed by atoms with Crippen LogP contribution in [0.3, 0.4) is 0 Å². The van der Waals surface area contributed by atoms with Gasteiger partial charge in [-0.3, -0.25) is 9.59 Å². The molecular formula is C26H21Cl2NO6S. The third kappa shape index (κ3) is 3.50. The lowest BCUT2D eigenvalue weighted by molar-refractivity contribution is -0.159. The Balaban J connectivity index is 1.87. The van der Waals surface area contributed by atoms with Gasteiger partial charge in [-0.2, -0.15) is 0 Å². The Morgan fingerprint density at radius 2 is 1.58 bits per heavy atom. The summed E-state index contributed by atoms with van der Waals surface area (Å²) in [5.74, 6) is -2.89. The van der Waals surface area contributed by atoms with Crippen LogP contribution in [0, 0.1) is 11.8 Å². The summed E-state index contributed by atoms with van der Waals surface area (Å²) in [6.07, 6.45) is 0. The van der Waals surface area contributed by atoms with E-state index in [2.05, 4.69) is 4.98 Å². The summed E-state index contributed by atoms with van der Waals surface area (Å²) in [6, 6.07) is 18.1. The molecule has 0 spiro atoms. The van der Waals surface area contributed by atoms with Gasteiger partial charge in [0, 0.05) is 16.0 Å². The zero-order valence-corrected chi connectivity index (χ0v) is 21.8. The topological polar surface area (TPSA) is 84.0 Å². The Labute approximate surface area is 222 Å². The fourth-order valence-electron chi connectivity index (χ4n) is 5.23. The molecule has 0 amide bonds. The summed E-state index contributed by atoms with van der Waals surface area (Å²) in [5.41, 5.74) is 0.0719. The van der Waals surface area contributed by atoms with Crippen molar-refractivity contribution in [3.8, 4) is 5.75 Å². The molecule has 0 aliphatic carbocycles. The van der Waals surface area contributed by atoms with Gasteiger partial charge in [0.2, 0.25) is 0 Å². The van der Waals surface area contributed by atoms with E-state index in [1.807, 2.05) is 30.3 Å². The van der Waals surface area contributed by atoms with Gasteiger partial charge in [-0.05, 0) is 35.9 Å². The predicted octanol–water partition coefficient (Wildman–Crippen LogP) is 5.21. The number of rotatable bonds is 6. The van der Waals surface area contributed by atoms with Crippen LogP contribution in [0.4, 0.5) is 0 Å². The van der Waals surface area contributed by atoms with Crippen LogP contribution in [0.5, 0.6) is 5.75 Å². The Kier molecular flexibility index (Phi) is 6.41. The van der Waals surface area contributed by atoms with Crippen molar-refractivity contribution in [2.24, 2.45) is 11.8 Å². The van der Waals surface area contributed by atoms with Crippen molar-refractivity contribution < 1.29 is 28.5 Å². The first kappa shape index (κ1) is 24.9. The minimum absolute atomic E-state index is 0.0704. The number of esters is 2. The number of nitrogens with zero attached hydrogens (tertiary/aromatic N) is 1. The van der Waals surface area contributed by atoms with Crippen molar-refractivity contribution in [1.29, 1.82) is 0 Å². The molecule has 5 rings (SSSR count). The van der Waals surface area contributed by atoms with E-state index in [4.69, 9.17) is 42.1 Å². The zero-order chi connectivity index (χ0) is 25.7. The van der Waals surface area contributed by atoms with E-state index in [1.165, 1.54) is 26.0 Å². The number of carbonyl (C=O) groups excluding carboxylic acids is 2. The molecule has 3 aromatic rings. The summed E-state index contributed by atoms with van der Waals surface area (Å²) in [5, 5.41) is 0.201. The van der Waals surface area contributed by atoms with Crippen LogP contribution in [0.1, 0.15) is 16.7 Å². The molecule has 0 saturated carbocycles. The lowest BCUT2D eigenvalue weighted by Crippen LogP contribution is -2.47. The van der Waals surface area contributed by atoms with Crippen molar-refractivity contribution >= 4 is 46.9 Å². The predicted molar refractivity (Wildman–Crippen MR) is 134 cm³/mol. The third-order valence-corrected chi connectivity index (χ3v) is 8.46. The highest BCUT2D eigenvalue weighted by atomic mass is 35.5. The molecule has 3 heterocycles. The van der Waals surface area contributed by atoms with Gasteiger partial charge in [0.1, 0.15) is 33.5 Å². The molecule has 36 heavy (non-hydrogen) atoms. The highest BCUT2D eigenvalue weighted by Gasteiger charge is 2.76. The van der Waals surface area contributed by atoms with Crippen LogP contribution in [-0.2, 0) is 34.3 Å². The van der Waals surface area contributed by atoms with Crippen molar-refractivity contribution in [3.63, 3.8) is 0 Å². The Morgan fingerprint density at radius 3 is 2.19 bits per heavy atom. The number of aromatic nitrogens is 1. The van der Waals surface area contributed by atoms with Gasteiger partial charge in [-0.25, -0.2) is 4.98 Å². The van der Waals surface area contributed by atoms with Crippen LogP contribution >= 0.6 is 35.0 Å². The quantitative estimate of drug-likeness (QED) is 0.308. The minimum atomic E-state index is -1.51. The maximum atomic E-state index is 13.5. The second-order valence-corrected chi connectivity index (χ2v) is 10.3. The standard InChI is InChI=1S/C26H21Cl2NO6S/c1-32-15-11-9-14(10-12-15)25-19-17(13-18(27)29-22(19)28)26(35-25,36-16-7-5-4-6-8-16)21(24(31)34-3)20(25)23(30)33-2/h4-13,20-21H,1-3H3. The molecule has 186 valence electrons. The van der Waals surface area contributed by atoms with Crippen molar-refractivity contribution in [1.82, 2.24) is 4.98 Å². The van der Waals surface area contributed by atoms with Crippen molar-refractivity contribution in [2.45, 2.75) is 15.4 Å². The van der Waals surface area contributed by atoms with Gasteiger partial charge < -0.3 is 18.9 Å². The highest BCUT2D eigenvalue weighted by molar-refractivity contribution is 8.00. The largest absolute Gasteiger partial charge is 0.497 e. The zero-order valence-electron chi connectivity index (χ0n) is 19.5. The normalized spacial score (nSPS) is 25.8. The minimum Gasteiger partial charge on any atom is -0.497 e. The average Bonchev–Trinajstić information content (AvgIpc) is 3.35. The van der Waals surface area contributed by atoms with Gasteiger partial charge in [-0.1, -0.05) is 65.3 Å². The SMILES string of the molecule is COC(=O)C1C(C(=O)OC)C2(c3ccc(OC)cc3)OC1(Sc1ccccc1)c1cc(Cl)nc(Cl)c12. The van der Waals surface area contributed by atoms with Gasteiger partial charge in [0.15, 0.2) is 4.93 Å². The number of ether oxygens (including phenoxy) is 4. The Bertz CT molecular complexity index is 1340. The van der Waals surface area contributed by atoms with Crippen LogP contribution in [0.25, 0.3) is 0 Å². The lowest BCUT2D eigenvalue weighted by Gasteiger charge is -2.37. The molecule has 1 fully saturated rings. The average molecular weight is 546 g/mol. The molecule has 2 bridgehead atoms. The van der Waals surface area contributed by atoms with E-state index in [0.717, 1.165) is 4.90 Å². The molecule has 2 aliphatic rings. The number of methoxy groups -OCH3 is 3. The summed E-state index contributed by atoms with van der Waals surface area (Å²) < 4.78 is 22.7. The summed E-state index contributed by atoms with van der Waals surface area (Å²) in [4.78, 5) is 30.6. The Morgan fingerprint density at radius 1 is 0.944 bits per heavy atom. The van der Waals surface area contributed by atoms with E-state index < -0.39 is 34.3 Å². The number of hydrogen-bond acceptors (Lipinski definition) is 8. The van der Waals surface area contributed by atoms with Gasteiger partial charge in [0.05, 0.1) is 21.3 Å². The van der Waals surface area contributed by atoms with E-state index in [9.17, 15) is 9.59 Å². The second-order valence-electron chi connectivity index (χ2n) is 8.31. The number of pyridine rings is 1. The van der Waals surface area contributed by atoms with Crippen LogP contribution in [0.2, 0.25) is 10.3 Å². The maximum Gasteiger partial charge on any atom is 0.313 e. The van der Waals surface area contributed by atoms with Gasteiger partial charge >= 0.3 is 11.9 Å². The maximum absolute atomic E-state index is 13.5. The molecular weight excluding hydrogens is 525 g/mol. The highest BCUT2D eigenvalue weighted by Crippen LogP contribution is 2.72. The van der Waals surface area contributed by atoms with E-state index in [0.29, 0.717) is 22.4 Å². The summed E-state index contributed by atoms with van der Waals surface area (Å²) in [7, 11) is 4.10. The number of hydrogen-bond donors (Lipinski definition) is 0. The van der Waals surface area contributed by atoms with Crippen LogP contribution in [0.15, 0.2) is 65.6 Å². The Hall–Kier alpha value is -2.78. The second kappa shape index (κ2) is 9.27. The van der Waals surface area contributed by atoms with Gasteiger partial charge in [-0.15, -0.1) is 0 Å². The van der Waals surface area contributed by atoms with E-state index in [-0.39, 0.29) is 10.3 Å². The molecule has 2 aromatic carbocycles. The smallest absolute Gasteiger partial charge is 0.313 e. The van der Waals surface area contributed by atoms with Crippen LogP contribution in [-0.4, -0.2) is 38.3 Å². The molecule has 4 atom stereocenters. The number of halogens is 2. The fraction of sp³-hybridized carbons (Fsp3) is 0.269. The molecule has 10 heteroatoms. The van der Waals surface area contributed by atoms with Crippen LogP contribution < -0.4 is 4.74 Å². The lowest BCUT2D eigenvalue weighted by atomic mass is 9.66. The first-order valence-corrected chi connectivity index (χ1v) is 12.5. The van der Waals surface area contributed by atoms with Gasteiger partial charge in [0.25, 0.3) is 0 Å². The monoisotopic (exact) mass is 545 g/mol. The van der Waals surface area contributed by atoms with E-state index >= 15 is 0 Å².